The lowest BCUT2D eigenvalue weighted by molar-refractivity contribution is -0.376. The zero-order valence-corrected chi connectivity index (χ0v) is 48.5. The molecule has 7 saturated heterocycles. The maximum Gasteiger partial charge on any atom is 0.315 e. The minimum Gasteiger partial charge on any atom is -0.457 e. The lowest BCUT2D eigenvalue weighted by atomic mass is 9.33. The van der Waals surface area contributed by atoms with Crippen molar-refractivity contribution in [2.24, 2.45) is 50.2 Å². The molecule has 0 unspecified atom stereocenters. The average Bonchev–Trinajstić information content (AvgIpc) is 0.721. The highest BCUT2D eigenvalue weighted by molar-refractivity contribution is 5.79. The van der Waals surface area contributed by atoms with E-state index < -0.39 is 201 Å². The van der Waals surface area contributed by atoms with Crippen LogP contribution in [0.5, 0.6) is 0 Å². The van der Waals surface area contributed by atoms with Crippen LogP contribution in [-0.2, 0) is 61.8 Å². The quantitative estimate of drug-likeness (QED) is 0.0706. The van der Waals surface area contributed by atoms with Gasteiger partial charge in [-0.25, -0.2) is 0 Å². The van der Waals surface area contributed by atoms with Crippen LogP contribution in [0.15, 0.2) is 11.6 Å². The standard InChI is InChI=1S/C58H90O24/c1-25-43-40(68)42(70)48(75-25)80-44-36(64)29(61)23-73-49(44)82-51(71)58-16-14-52(2,3)18-27(58)26-10-11-33-55(7)19-28(60)46(53(4,5)32(55)12-13-57(33,9)56(26,8)15-17-58)81-50-45(39(67)37(65)30(22-59)77-50)79-47-41(69)38(66)31(24-74-47)76-34(62)20-54(6,72)21-35(63)78-43/h10,25,27-33,36-50,59-61,64-70,72H,11-24H2,1-9H3/t25-,27-,28-,29-,30+,31-,32-,33+,36-,37+,38-,39-,40-,41+,42+,43-,44+,45+,46-,47-,48-,49-,50-,54+,55-,56+,57+,58-/m0/s1. The molecule has 24 heteroatoms. The van der Waals surface area contributed by atoms with Gasteiger partial charge in [0.25, 0.3) is 0 Å². The van der Waals surface area contributed by atoms with E-state index in [9.17, 15) is 65.8 Å². The number of ether oxygens (including phenoxy) is 10. The predicted octanol–water partition coefficient (Wildman–Crippen LogP) is -0.112. The van der Waals surface area contributed by atoms with Gasteiger partial charge < -0.3 is 104 Å². The Morgan fingerprint density at radius 2 is 1.20 bits per heavy atom. The van der Waals surface area contributed by atoms with Gasteiger partial charge in [0, 0.05) is 0 Å². The summed E-state index contributed by atoms with van der Waals surface area (Å²) in [6.45, 7) is 16.1. The fourth-order valence-electron chi connectivity index (χ4n) is 17.4. The molecule has 12 bridgehead atoms. The molecule has 466 valence electrons. The number of hydrogen-bond donors (Lipinski definition) is 11. The van der Waals surface area contributed by atoms with Crippen molar-refractivity contribution in [3.05, 3.63) is 11.6 Å². The van der Waals surface area contributed by atoms with Gasteiger partial charge in [-0.05, 0) is 116 Å². The van der Waals surface area contributed by atoms with E-state index in [1.807, 2.05) is 13.8 Å². The average molecular weight is 1170 g/mol. The van der Waals surface area contributed by atoms with Crippen molar-refractivity contribution in [2.75, 3.05) is 19.8 Å². The number of aliphatic hydroxyl groups excluding tert-OH is 10. The molecule has 11 fully saturated rings. The molecule has 5 aliphatic carbocycles. The SMILES string of the molecule is C[C@@H]1O[C@H]2O[C@H]3[C@@H](OC[C@H](O)[C@@H]3O)OC(=O)[C@]34CCC(C)(C)C[C@H]3C3=CC[C@@H]5[C@@]6(C)C[C@H](O)[C@H](O[C@@H]7O[C@H](CO)[C@@H](O)[C@H](O)[C@H]7O[C@@H]7OC[C@H](OC(=O)C[C@@](C)(O)CC(=O)O[C@@H]1[C@@H](O)[C@H]2O)[C@H](O)[C@H]7O)C(C)(C)[C@@H]6CC[C@@]5(C)[C@]3(C)CC4. The van der Waals surface area contributed by atoms with Gasteiger partial charge in [0.15, 0.2) is 37.2 Å². The smallest absolute Gasteiger partial charge is 0.315 e. The molecule has 0 aromatic heterocycles. The van der Waals surface area contributed by atoms with Crippen molar-refractivity contribution in [1.29, 1.82) is 0 Å². The number of rotatable bonds is 1. The number of aliphatic hydroxyl groups is 11. The topological polar surface area (TPSA) is 366 Å². The third-order valence-electron chi connectivity index (χ3n) is 22.1. The van der Waals surface area contributed by atoms with Crippen LogP contribution in [0.2, 0.25) is 0 Å². The molecule has 11 N–H and O–H groups in total. The van der Waals surface area contributed by atoms with Crippen molar-refractivity contribution in [2.45, 2.75) is 261 Å². The largest absolute Gasteiger partial charge is 0.457 e. The van der Waals surface area contributed by atoms with Crippen molar-refractivity contribution in [3.8, 4) is 0 Å². The monoisotopic (exact) mass is 1170 g/mol. The maximum absolute atomic E-state index is 15.4. The predicted molar refractivity (Wildman–Crippen MR) is 278 cm³/mol. The van der Waals surface area contributed by atoms with Crippen LogP contribution >= 0.6 is 0 Å². The zero-order chi connectivity index (χ0) is 59.8. The molecule has 0 aromatic rings. The second-order valence-corrected chi connectivity index (χ2v) is 28.3. The van der Waals surface area contributed by atoms with E-state index in [2.05, 4.69) is 40.7 Å². The second-order valence-electron chi connectivity index (χ2n) is 28.3. The molecular formula is C58H90O24. The van der Waals surface area contributed by atoms with Gasteiger partial charge >= 0.3 is 17.9 Å². The summed E-state index contributed by atoms with van der Waals surface area (Å²) in [6, 6.07) is 0. The minimum atomic E-state index is -2.18. The van der Waals surface area contributed by atoms with Crippen LogP contribution in [-0.4, -0.2) is 222 Å². The Morgan fingerprint density at radius 3 is 1.89 bits per heavy atom. The van der Waals surface area contributed by atoms with Crippen molar-refractivity contribution >= 4 is 17.9 Å². The fourth-order valence-corrected chi connectivity index (χ4v) is 17.4. The summed E-state index contributed by atoms with van der Waals surface area (Å²) in [7, 11) is 0. The molecule has 28 atom stereocenters. The summed E-state index contributed by atoms with van der Waals surface area (Å²) in [6.07, 6.45) is -26.4. The third kappa shape index (κ3) is 10.5. The zero-order valence-electron chi connectivity index (χ0n) is 48.5. The number of hydrogen-bond acceptors (Lipinski definition) is 24. The molecule has 0 radical (unpaired) electrons. The Kier molecular flexibility index (Phi) is 16.9. The Balaban J connectivity index is 0.991. The Morgan fingerprint density at radius 1 is 0.573 bits per heavy atom. The van der Waals surface area contributed by atoms with Crippen molar-refractivity contribution in [1.82, 2.24) is 0 Å². The van der Waals surface area contributed by atoms with E-state index in [0.717, 1.165) is 19.8 Å². The number of allylic oxidation sites excluding steroid dienone is 2. The summed E-state index contributed by atoms with van der Waals surface area (Å²) < 4.78 is 60.0. The molecule has 12 aliphatic heterocycles. The van der Waals surface area contributed by atoms with E-state index in [1.165, 1.54) is 12.5 Å². The third-order valence-corrected chi connectivity index (χ3v) is 22.1. The van der Waals surface area contributed by atoms with Crippen LogP contribution in [0.3, 0.4) is 0 Å². The van der Waals surface area contributed by atoms with Crippen LogP contribution in [0, 0.1) is 50.2 Å². The fraction of sp³-hybridized carbons (Fsp3) is 0.914. The molecule has 4 saturated carbocycles. The number of carbonyl (C=O) groups is 3. The van der Waals surface area contributed by atoms with Gasteiger partial charge in [-0.3, -0.25) is 14.4 Å². The van der Waals surface area contributed by atoms with Crippen molar-refractivity contribution in [3.63, 3.8) is 0 Å². The van der Waals surface area contributed by atoms with Gasteiger partial charge in [0.2, 0.25) is 6.29 Å². The van der Waals surface area contributed by atoms with Crippen LogP contribution in [0.1, 0.15) is 133 Å². The van der Waals surface area contributed by atoms with Crippen LogP contribution < -0.4 is 0 Å². The molecule has 82 heavy (non-hydrogen) atoms. The first kappa shape index (κ1) is 62.5. The van der Waals surface area contributed by atoms with E-state index in [1.54, 1.807) is 0 Å². The maximum atomic E-state index is 15.4. The van der Waals surface area contributed by atoms with Gasteiger partial charge in [0.1, 0.15) is 61.0 Å². The van der Waals surface area contributed by atoms with Crippen LogP contribution in [0.25, 0.3) is 0 Å². The normalized spacial score (nSPS) is 53.7. The van der Waals surface area contributed by atoms with Crippen LogP contribution in [0.4, 0.5) is 0 Å². The van der Waals surface area contributed by atoms with Gasteiger partial charge in [-0.2, -0.15) is 0 Å². The number of esters is 3. The number of carbonyl (C=O) groups excluding carboxylic acids is 3. The molecule has 0 aromatic carbocycles. The molecule has 17 rings (SSSR count). The molecular weight excluding hydrogens is 1080 g/mol. The first-order valence-electron chi connectivity index (χ1n) is 29.5. The second kappa shape index (κ2) is 22.2. The molecule has 0 amide bonds. The lowest BCUT2D eigenvalue weighted by Gasteiger charge is -2.71. The molecule has 1 spiro atoms. The highest BCUT2D eigenvalue weighted by atomic mass is 16.8. The molecule has 17 aliphatic rings. The van der Waals surface area contributed by atoms with E-state index >= 15 is 4.79 Å². The van der Waals surface area contributed by atoms with Crippen molar-refractivity contribution < 1.29 is 118 Å². The minimum absolute atomic E-state index is 0.0361. The summed E-state index contributed by atoms with van der Waals surface area (Å²) >= 11 is 0. The van der Waals surface area contributed by atoms with E-state index in [-0.39, 0.29) is 28.6 Å². The lowest BCUT2D eigenvalue weighted by Crippen LogP contribution is -2.69. The molecule has 24 nitrogen and oxygen atoms in total. The summed E-state index contributed by atoms with van der Waals surface area (Å²) in [5.74, 6) is -3.16. The first-order chi connectivity index (χ1) is 38.2. The van der Waals surface area contributed by atoms with Gasteiger partial charge in [0.05, 0.1) is 62.0 Å². The highest BCUT2D eigenvalue weighted by Gasteiger charge is 2.71. The summed E-state index contributed by atoms with van der Waals surface area (Å²) in [5, 5.41) is 125. The van der Waals surface area contributed by atoms with E-state index in [4.69, 9.17) is 47.4 Å². The Hall–Kier alpha value is -2.57. The Bertz CT molecular complexity index is 2400. The van der Waals surface area contributed by atoms with Gasteiger partial charge in [-0.1, -0.05) is 60.1 Å². The van der Waals surface area contributed by atoms with Gasteiger partial charge in [-0.15, -0.1) is 0 Å². The highest BCUT2D eigenvalue weighted by Crippen LogP contribution is 2.76. The summed E-state index contributed by atoms with van der Waals surface area (Å²) in [4.78, 5) is 42.0. The van der Waals surface area contributed by atoms with E-state index in [0.29, 0.717) is 44.9 Å². The molecule has 12 heterocycles. The summed E-state index contributed by atoms with van der Waals surface area (Å²) in [5.41, 5.74) is -4.25. The first-order valence-corrected chi connectivity index (χ1v) is 29.5. The Labute approximate surface area is 477 Å².